The number of aryl methyl sites for hydroxylation is 3. The highest BCUT2D eigenvalue weighted by Gasteiger charge is 2.42. The Balaban J connectivity index is 1.43. The lowest BCUT2D eigenvalue weighted by molar-refractivity contribution is -0.130. The van der Waals surface area contributed by atoms with Crippen LogP contribution in [-0.2, 0) is 27.7 Å². The summed E-state index contributed by atoms with van der Waals surface area (Å²) in [6.07, 6.45) is 2.32. The van der Waals surface area contributed by atoms with Crippen molar-refractivity contribution in [2.45, 2.75) is 90.4 Å². The molecule has 14 heteroatoms. The van der Waals surface area contributed by atoms with Crippen molar-refractivity contribution in [1.29, 1.82) is 0 Å². The van der Waals surface area contributed by atoms with Crippen LogP contribution in [0.1, 0.15) is 74.3 Å². The zero-order chi connectivity index (χ0) is 35.3. The summed E-state index contributed by atoms with van der Waals surface area (Å²) in [5, 5.41) is 11.9. The predicted molar refractivity (Wildman–Crippen MR) is 190 cm³/mol. The van der Waals surface area contributed by atoms with E-state index in [1.165, 1.54) is 0 Å². The van der Waals surface area contributed by atoms with Crippen molar-refractivity contribution in [3.8, 4) is 5.88 Å². The van der Waals surface area contributed by atoms with Gasteiger partial charge in [0.15, 0.2) is 9.84 Å². The van der Waals surface area contributed by atoms with Crippen LogP contribution >= 0.6 is 10.8 Å². The maximum Gasteiger partial charge on any atom is 0.239 e. The third-order valence-corrected chi connectivity index (χ3v) is 13.7. The average Bonchev–Trinajstić information content (AvgIpc) is 3.62. The number of carbonyl (C=O) groups excluding carboxylic acids is 1. The van der Waals surface area contributed by atoms with Gasteiger partial charge in [-0.05, 0) is 79.6 Å². The van der Waals surface area contributed by atoms with Gasteiger partial charge in [-0.25, -0.2) is 18.1 Å². The van der Waals surface area contributed by atoms with Gasteiger partial charge in [-0.1, -0.05) is 50.3 Å². The van der Waals surface area contributed by atoms with E-state index in [2.05, 4.69) is 20.6 Å². The molecule has 0 aliphatic carbocycles. The lowest BCUT2D eigenvalue weighted by atomic mass is 9.69. The molecule has 2 aromatic heterocycles. The number of pyridine rings is 1. The summed E-state index contributed by atoms with van der Waals surface area (Å²) in [7, 11) is -6.64. The Labute approximate surface area is 289 Å². The molecule has 4 aromatic rings. The van der Waals surface area contributed by atoms with Crippen LogP contribution in [-0.4, -0.2) is 77.9 Å². The van der Waals surface area contributed by atoms with Crippen LogP contribution in [0.5, 0.6) is 5.88 Å². The summed E-state index contributed by atoms with van der Waals surface area (Å²) < 4.78 is 57.4. The van der Waals surface area contributed by atoms with Crippen LogP contribution in [0.4, 0.5) is 0 Å². The molecule has 3 N–H and O–H groups in total. The first-order valence-electron chi connectivity index (χ1n) is 16.7. The molecule has 6 rings (SSSR count). The highest BCUT2D eigenvalue weighted by atomic mass is 32.3. The molecule has 264 valence electrons. The minimum atomic E-state index is -3.44. The number of carbonyl (C=O) groups is 1. The Morgan fingerprint density at radius 2 is 1.92 bits per heavy atom. The molecule has 0 bridgehead atoms. The van der Waals surface area contributed by atoms with Crippen LogP contribution in [0.15, 0.2) is 53.6 Å². The zero-order valence-corrected chi connectivity index (χ0v) is 30.5. The minimum Gasteiger partial charge on any atom is -0.472 e. The lowest BCUT2D eigenvalue weighted by Gasteiger charge is -2.42. The van der Waals surface area contributed by atoms with Gasteiger partial charge in [0.1, 0.15) is 16.5 Å². The molecule has 1 saturated heterocycles. The topological polar surface area (TPSA) is 160 Å². The number of sulfone groups is 1. The second kappa shape index (κ2) is 13.3. The summed E-state index contributed by atoms with van der Waals surface area (Å²) in [5.74, 6) is -0.486. The summed E-state index contributed by atoms with van der Waals surface area (Å²) >= 11 is 0. The normalized spacial score (nSPS) is 21.8. The predicted octanol–water partition coefficient (Wildman–Crippen LogP) is 5.62. The monoisotopic (exact) mass is 710 g/mol. The molecule has 2 aromatic carbocycles. The van der Waals surface area contributed by atoms with E-state index < -0.39 is 38.0 Å². The molecular formula is C35H46N6O6S2. The third kappa shape index (κ3) is 6.68. The van der Waals surface area contributed by atoms with Crippen LogP contribution in [0, 0.1) is 19.3 Å². The maximum absolute atomic E-state index is 14.2. The first-order valence-corrected chi connectivity index (χ1v) is 20.1. The van der Waals surface area contributed by atoms with Gasteiger partial charge in [0.2, 0.25) is 11.8 Å². The summed E-state index contributed by atoms with van der Waals surface area (Å²) in [6, 6.07) is 13.0. The molecule has 1 unspecified atom stereocenters. The Bertz CT molecular complexity index is 2000. The maximum atomic E-state index is 14.2. The summed E-state index contributed by atoms with van der Waals surface area (Å²) in [4.78, 5) is 18.7. The molecule has 12 nitrogen and oxygen atoms in total. The smallest absolute Gasteiger partial charge is 0.239 e. The number of amides is 1. The SMILES string of the molecule is CC[C@@H]1CN(Cc2cc([C@@H](c3ccc4c(nnn4CC)c3C)C(C)(C)C(=O)NC3CCS(=O)(=O)C3)ccc2C)S(O)(O)c2cccnc2O1. The first-order chi connectivity index (χ1) is 23.2. The molecule has 49 heavy (non-hydrogen) atoms. The second-order valence-corrected chi connectivity index (χ2v) is 18.0. The Morgan fingerprint density at radius 3 is 2.61 bits per heavy atom. The van der Waals surface area contributed by atoms with Crippen LogP contribution in [0.3, 0.4) is 0 Å². The Morgan fingerprint density at radius 1 is 1.14 bits per heavy atom. The summed E-state index contributed by atoms with van der Waals surface area (Å²) in [5.41, 5.74) is 5.13. The Kier molecular flexibility index (Phi) is 9.57. The minimum absolute atomic E-state index is 0.0617. The number of benzene rings is 2. The van der Waals surface area contributed by atoms with Crippen molar-refractivity contribution in [3.05, 3.63) is 76.5 Å². The fraction of sp³-hybridized carbons (Fsp3) is 0.486. The fourth-order valence-corrected chi connectivity index (χ4v) is 10.3. The van der Waals surface area contributed by atoms with E-state index in [1.54, 1.807) is 22.6 Å². The van der Waals surface area contributed by atoms with E-state index in [-0.39, 0.29) is 47.4 Å². The number of fused-ring (bicyclic) bond motifs is 2. The number of hydrogen-bond donors (Lipinski definition) is 3. The van der Waals surface area contributed by atoms with Gasteiger partial charge >= 0.3 is 0 Å². The van der Waals surface area contributed by atoms with Crippen molar-refractivity contribution in [2.24, 2.45) is 5.41 Å². The molecule has 0 radical (unpaired) electrons. The number of ether oxygens (including phenoxy) is 1. The van der Waals surface area contributed by atoms with Crippen LogP contribution in [0.25, 0.3) is 11.0 Å². The average molecular weight is 711 g/mol. The number of nitrogens with one attached hydrogen (secondary N) is 1. The van der Waals surface area contributed by atoms with Crippen molar-refractivity contribution in [1.82, 2.24) is 29.6 Å². The van der Waals surface area contributed by atoms with E-state index in [9.17, 15) is 22.3 Å². The molecule has 0 spiro atoms. The highest BCUT2D eigenvalue weighted by Crippen LogP contribution is 2.57. The summed E-state index contributed by atoms with van der Waals surface area (Å²) in [6.45, 7) is 12.9. The molecule has 4 heterocycles. The molecule has 2 aliphatic heterocycles. The van der Waals surface area contributed by atoms with E-state index in [1.807, 2.05) is 76.6 Å². The van der Waals surface area contributed by atoms with Gasteiger partial charge in [0.05, 0.1) is 29.0 Å². The van der Waals surface area contributed by atoms with Gasteiger partial charge < -0.3 is 10.1 Å². The van der Waals surface area contributed by atoms with E-state index >= 15 is 0 Å². The van der Waals surface area contributed by atoms with Crippen LogP contribution in [0.2, 0.25) is 0 Å². The van der Waals surface area contributed by atoms with Gasteiger partial charge in [-0.15, -0.1) is 15.9 Å². The van der Waals surface area contributed by atoms with Gasteiger partial charge in [-0.3, -0.25) is 13.9 Å². The number of rotatable bonds is 9. The molecule has 3 atom stereocenters. The lowest BCUT2D eigenvalue weighted by Crippen LogP contribution is -2.46. The molecule has 1 fully saturated rings. The standard InChI is InChI=1S/C35H46N6O6S2/c1-7-27-20-40(49(45,46)30-10-9-16-36-33(30)47-27)19-25-18-24(12-11-22(25)3)31(28-13-14-29-32(23(28)4)38-39-41(29)8-2)35(5,6)34(42)37-26-15-17-48(43,44)21-26/h9-14,16,18,26-27,31,45-46H,7-8,15,17,19-21H2,1-6H3,(H,37,42)/t26?,27-,31+/m1/s1. The van der Waals surface area contributed by atoms with Gasteiger partial charge in [-0.2, -0.15) is 4.31 Å². The largest absolute Gasteiger partial charge is 0.472 e. The van der Waals surface area contributed by atoms with Crippen molar-refractivity contribution in [2.75, 3.05) is 18.1 Å². The van der Waals surface area contributed by atoms with Crippen LogP contribution < -0.4 is 10.1 Å². The third-order valence-electron chi connectivity index (χ3n) is 10.1. The van der Waals surface area contributed by atoms with E-state index in [0.717, 1.165) is 38.9 Å². The van der Waals surface area contributed by atoms with Gasteiger partial charge in [0.25, 0.3) is 0 Å². The quantitative estimate of drug-likeness (QED) is 0.199. The number of nitrogens with zero attached hydrogens (tertiary/aromatic N) is 5. The molecule has 1 amide bonds. The number of aromatic nitrogens is 4. The van der Waals surface area contributed by atoms with Crippen molar-refractivity contribution in [3.63, 3.8) is 0 Å². The van der Waals surface area contributed by atoms with E-state index in [4.69, 9.17) is 4.74 Å². The van der Waals surface area contributed by atoms with Crippen molar-refractivity contribution < 1.29 is 27.1 Å². The zero-order valence-electron chi connectivity index (χ0n) is 28.9. The Hall–Kier alpha value is -3.56. The molecular weight excluding hydrogens is 665 g/mol. The van der Waals surface area contributed by atoms with E-state index in [0.29, 0.717) is 19.4 Å². The molecule has 0 saturated carbocycles. The number of hydrogen-bond acceptors (Lipinski definition) is 10. The molecule has 2 aliphatic rings. The second-order valence-electron chi connectivity index (χ2n) is 13.8. The highest BCUT2D eigenvalue weighted by molar-refractivity contribution is 8.22. The fourth-order valence-electron chi connectivity index (χ4n) is 7.06. The van der Waals surface area contributed by atoms with Gasteiger partial charge in [0, 0.05) is 31.2 Å². The first kappa shape index (κ1) is 35.3. The van der Waals surface area contributed by atoms with Crippen molar-refractivity contribution >= 4 is 37.6 Å².